The van der Waals surface area contributed by atoms with Gasteiger partial charge in [0, 0.05) is 19.1 Å². The third-order valence-electron chi connectivity index (χ3n) is 3.95. The van der Waals surface area contributed by atoms with E-state index < -0.39 is 0 Å². The molecule has 5 nitrogen and oxygen atoms in total. The maximum atomic E-state index is 5.32. The molecule has 1 fully saturated rings. The molecule has 2 rings (SSSR count). The highest BCUT2D eigenvalue weighted by molar-refractivity contribution is 5.79. The number of nitrogens with zero attached hydrogens (tertiary/aromatic N) is 2. The normalized spacial score (nSPS) is 17.9. The predicted molar refractivity (Wildman–Crippen MR) is 86.4 cm³/mol. The standard InChI is InChI=1S/C16H28N4O/c1-3-14(20-9-5-6-10-20)12-18-16(17-4-2)19-13-15-8-7-11-21-15/h7-8,11,14H,3-6,9-10,12-13H2,1-2H3,(H2,17,18,19). The van der Waals surface area contributed by atoms with Gasteiger partial charge < -0.3 is 15.1 Å². The summed E-state index contributed by atoms with van der Waals surface area (Å²) in [6, 6.07) is 4.44. The largest absolute Gasteiger partial charge is 0.467 e. The Kier molecular flexibility index (Phi) is 6.60. The van der Waals surface area contributed by atoms with Crippen LogP contribution in [-0.2, 0) is 6.54 Å². The molecule has 2 N–H and O–H groups in total. The predicted octanol–water partition coefficient (Wildman–Crippen LogP) is 2.21. The summed E-state index contributed by atoms with van der Waals surface area (Å²) >= 11 is 0. The Morgan fingerprint density at radius 2 is 2.14 bits per heavy atom. The van der Waals surface area contributed by atoms with Crippen molar-refractivity contribution in [2.24, 2.45) is 4.99 Å². The first-order valence-electron chi connectivity index (χ1n) is 8.12. The Balaban J connectivity index is 1.84. The average molecular weight is 292 g/mol. The number of rotatable bonds is 7. The highest BCUT2D eigenvalue weighted by atomic mass is 16.3. The lowest BCUT2D eigenvalue weighted by molar-refractivity contribution is 0.236. The van der Waals surface area contributed by atoms with Crippen molar-refractivity contribution in [2.75, 3.05) is 26.2 Å². The topological polar surface area (TPSA) is 52.8 Å². The average Bonchev–Trinajstić information content (AvgIpc) is 3.18. The van der Waals surface area contributed by atoms with E-state index in [1.54, 1.807) is 6.26 Å². The highest BCUT2D eigenvalue weighted by Crippen LogP contribution is 2.13. The van der Waals surface area contributed by atoms with Crippen LogP contribution in [0.4, 0.5) is 0 Å². The van der Waals surface area contributed by atoms with Gasteiger partial charge in [0.2, 0.25) is 0 Å². The lowest BCUT2D eigenvalue weighted by Gasteiger charge is -2.27. The molecule has 1 aliphatic rings. The number of hydrogen-bond donors (Lipinski definition) is 2. The second-order valence-electron chi connectivity index (χ2n) is 5.46. The van der Waals surface area contributed by atoms with E-state index in [-0.39, 0.29) is 0 Å². The number of furan rings is 1. The molecule has 0 amide bonds. The maximum absolute atomic E-state index is 5.32. The van der Waals surface area contributed by atoms with E-state index >= 15 is 0 Å². The van der Waals surface area contributed by atoms with Crippen LogP contribution < -0.4 is 10.6 Å². The van der Waals surface area contributed by atoms with Gasteiger partial charge in [-0.15, -0.1) is 0 Å². The van der Waals surface area contributed by atoms with Gasteiger partial charge in [-0.05, 0) is 51.4 Å². The lowest BCUT2D eigenvalue weighted by atomic mass is 10.2. The maximum Gasteiger partial charge on any atom is 0.191 e. The number of nitrogens with one attached hydrogen (secondary N) is 2. The molecule has 2 heterocycles. The Morgan fingerprint density at radius 3 is 2.76 bits per heavy atom. The number of guanidine groups is 1. The van der Waals surface area contributed by atoms with Gasteiger partial charge in [-0.1, -0.05) is 6.92 Å². The second-order valence-corrected chi connectivity index (χ2v) is 5.46. The Labute approximate surface area is 127 Å². The van der Waals surface area contributed by atoms with Gasteiger partial charge in [0.15, 0.2) is 5.96 Å². The molecule has 1 unspecified atom stereocenters. The molecule has 1 aromatic rings. The van der Waals surface area contributed by atoms with Crippen LogP contribution in [0.1, 0.15) is 38.9 Å². The van der Waals surface area contributed by atoms with E-state index in [0.717, 1.165) is 24.8 Å². The minimum absolute atomic E-state index is 0.572. The van der Waals surface area contributed by atoms with Crippen molar-refractivity contribution in [2.45, 2.75) is 45.7 Å². The first-order chi connectivity index (χ1) is 10.3. The summed E-state index contributed by atoms with van der Waals surface area (Å²) in [7, 11) is 0. The van der Waals surface area contributed by atoms with E-state index in [9.17, 15) is 0 Å². The molecular weight excluding hydrogens is 264 g/mol. The highest BCUT2D eigenvalue weighted by Gasteiger charge is 2.20. The molecule has 21 heavy (non-hydrogen) atoms. The molecule has 1 atom stereocenters. The fourth-order valence-electron chi connectivity index (χ4n) is 2.75. The smallest absolute Gasteiger partial charge is 0.191 e. The van der Waals surface area contributed by atoms with Crippen LogP contribution in [0.3, 0.4) is 0 Å². The van der Waals surface area contributed by atoms with Crippen LogP contribution in [0, 0.1) is 0 Å². The van der Waals surface area contributed by atoms with E-state index in [2.05, 4.69) is 34.4 Å². The van der Waals surface area contributed by atoms with Crippen molar-refractivity contribution in [3.63, 3.8) is 0 Å². The third kappa shape index (κ3) is 5.08. The fourth-order valence-corrected chi connectivity index (χ4v) is 2.75. The van der Waals surface area contributed by atoms with Crippen LogP contribution in [0.5, 0.6) is 0 Å². The van der Waals surface area contributed by atoms with Crippen molar-refractivity contribution in [1.82, 2.24) is 15.5 Å². The van der Waals surface area contributed by atoms with E-state index in [0.29, 0.717) is 12.6 Å². The summed E-state index contributed by atoms with van der Waals surface area (Å²) in [6.07, 6.45) is 5.53. The van der Waals surface area contributed by atoms with Crippen LogP contribution in [0.25, 0.3) is 0 Å². The number of aliphatic imine (C=N–C) groups is 1. The molecule has 1 aliphatic heterocycles. The van der Waals surface area contributed by atoms with E-state index in [1.165, 1.54) is 32.4 Å². The Hall–Kier alpha value is -1.49. The van der Waals surface area contributed by atoms with Gasteiger partial charge >= 0.3 is 0 Å². The summed E-state index contributed by atoms with van der Waals surface area (Å²) in [5.41, 5.74) is 0. The van der Waals surface area contributed by atoms with Gasteiger partial charge in [-0.25, -0.2) is 4.99 Å². The van der Waals surface area contributed by atoms with Crippen molar-refractivity contribution in [3.8, 4) is 0 Å². The first-order valence-corrected chi connectivity index (χ1v) is 8.12. The lowest BCUT2D eigenvalue weighted by Crippen LogP contribution is -2.46. The van der Waals surface area contributed by atoms with Gasteiger partial charge in [0.1, 0.15) is 12.3 Å². The van der Waals surface area contributed by atoms with Gasteiger partial charge in [-0.3, -0.25) is 4.90 Å². The van der Waals surface area contributed by atoms with Crippen molar-refractivity contribution >= 4 is 5.96 Å². The van der Waals surface area contributed by atoms with Gasteiger partial charge in [-0.2, -0.15) is 0 Å². The van der Waals surface area contributed by atoms with Crippen molar-refractivity contribution in [1.29, 1.82) is 0 Å². The van der Waals surface area contributed by atoms with Gasteiger partial charge in [0.25, 0.3) is 0 Å². The van der Waals surface area contributed by atoms with Crippen LogP contribution in [0.15, 0.2) is 27.8 Å². The molecule has 0 bridgehead atoms. The molecular formula is C16H28N4O. The summed E-state index contributed by atoms with van der Waals surface area (Å²) < 4.78 is 5.32. The summed E-state index contributed by atoms with van der Waals surface area (Å²) in [6.45, 7) is 9.20. The zero-order chi connectivity index (χ0) is 14.9. The molecule has 0 saturated carbocycles. The summed E-state index contributed by atoms with van der Waals surface area (Å²) in [4.78, 5) is 7.16. The number of likely N-dealkylation sites (tertiary alicyclic amines) is 1. The van der Waals surface area contributed by atoms with E-state index in [4.69, 9.17) is 4.42 Å². The number of hydrogen-bond acceptors (Lipinski definition) is 3. The zero-order valence-electron chi connectivity index (χ0n) is 13.3. The minimum atomic E-state index is 0.572. The second kappa shape index (κ2) is 8.72. The zero-order valence-corrected chi connectivity index (χ0v) is 13.3. The Bertz CT molecular complexity index is 410. The van der Waals surface area contributed by atoms with Crippen molar-refractivity contribution < 1.29 is 4.42 Å². The molecule has 5 heteroatoms. The quantitative estimate of drug-likeness (QED) is 0.597. The van der Waals surface area contributed by atoms with Crippen LogP contribution >= 0.6 is 0 Å². The van der Waals surface area contributed by atoms with Crippen LogP contribution in [-0.4, -0.2) is 43.1 Å². The van der Waals surface area contributed by atoms with E-state index in [1.807, 2.05) is 12.1 Å². The molecule has 0 aliphatic carbocycles. The van der Waals surface area contributed by atoms with Crippen molar-refractivity contribution in [3.05, 3.63) is 24.2 Å². The summed E-state index contributed by atoms with van der Waals surface area (Å²) in [5.74, 6) is 1.75. The molecule has 0 spiro atoms. The first kappa shape index (κ1) is 15.9. The SMILES string of the molecule is CCNC(=NCc1ccco1)NCC(CC)N1CCCC1. The Morgan fingerprint density at radius 1 is 1.33 bits per heavy atom. The molecule has 1 saturated heterocycles. The molecule has 0 radical (unpaired) electrons. The summed E-state index contributed by atoms with van der Waals surface area (Å²) in [5, 5.41) is 6.76. The van der Waals surface area contributed by atoms with Gasteiger partial charge in [0.05, 0.1) is 6.26 Å². The molecule has 0 aromatic carbocycles. The minimum Gasteiger partial charge on any atom is -0.467 e. The fraction of sp³-hybridized carbons (Fsp3) is 0.688. The molecule has 1 aromatic heterocycles. The molecule has 118 valence electrons. The monoisotopic (exact) mass is 292 g/mol. The van der Waals surface area contributed by atoms with Crippen LogP contribution in [0.2, 0.25) is 0 Å². The third-order valence-corrected chi connectivity index (χ3v) is 3.95.